The molecule has 1 aliphatic rings. The molecule has 170 valence electrons. The predicted molar refractivity (Wildman–Crippen MR) is 131 cm³/mol. The van der Waals surface area contributed by atoms with Gasteiger partial charge in [-0.3, -0.25) is 14.9 Å². The fourth-order valence-corrected chi connectivity index (χ4v) is 4.01. The molecule has 1 aliphatic heterocycles. The van der Waals surface area contributed by atoms with Gasteiger partial charge in [-0.25, -0.2) is 0 Å². The molecule has 32 heavy (non-hydrogen) atoms. The Balaban J connectivity index is 1.53. The number of halogens is 1. The average Bonchev–Trinajstić information content (AvgIpc) is 2.80. The highest BCUT2D eigenvalue weighted by Crippen LogP contribution is 2.26. The first-order valence-corrected chi connectivity index (χ1v) is 11.6. The van der Waals surface area contributed by atoms with E-state index in [0.717, 1.165) is 25.9 Å². The Bertz CT molecular complexity index is 962. The molecule has 0 unspecified atom stereocenters. The number of hydrogen-bond donors (Lipinski definition) is 2. The fraction of sp³-hybridized carbons (Fsp3) is 0.348. The third-order valence-corrected chi connectivity index (χ3v) is 5.82. The number of ether oxygens (including phenoxy) is 2. The first-order chi connectivity index (χ1) is 15.5. The van der Waals surface area contributed by atoms with E-state index in [9.17, 15) is 9.59 Å². The zero-order valence-electron chi connectivity index (χ0n) is 17.9. The number of nitrogens with one attached hydrogen (secondary N) is 2. The van der Waals surface area contributed by atoms with Crippen LogP contribution in [0.25, 0.3) is 0 Å². The number of rotatable bonds is 7. The van der Waals surface area contributed by atoms with Gasteiger partial charge in [0.25, 0.3) is 11.8 Å². The zero-order chi connectivity index (χ0) is 22.9. The van der Waals surface area contributed by atoms with Crippen molar-refractivity contribution < 1.29 is 19.1 Å². The number of carbonyl (C=O) groups excluding carboxylic acids is 2. The fourth-order valence-electron chi connectivity index (χ4n) is 3.31. The van der Waals surface area contributed by atoms with Crippen molar-refractivity contribution in [2.24, 2.45) is 0 Å². The summed E-state index contributed by atoms with van der Waals surface area (Å²) in [5, 5.41) is 5.80. The predicted octanol–water partition coefficient (Wildman–Crippen LogP) is 4.23. The second-order valence-corrected chi connectivity index (χ2v) is 8.59. The van der Waals surface area contributed by atoms with Crippen LogP contribution >= 0.6 is 28.1 Å². The Morgan fingerprint density at radius 2 is 1.72 bits per heavy atom. The van der Waals surface area contributed by atoms with Crippen LogP contribution in [0.1, 0.15) is 40.0 Å². The van der Waals surface area contributed by atoms with Crippen molar-refractivity contribution in [2.45, 2.75) is 19.3 Å². The number of carbonyl (C=O) groups is 2. The first-order valence-electron chi connectivity index (χ1n) is 10.4. The van der Waals surface area contributed by atoms with E-state index in [-0.39, 0.29) is 16.9 Å². The summed E-state index contributed by atoms with van der Waals surface area (Å²) < 4.78 is 11.2. The van der Waals surface area contributed by atoms with Crippen LogP contribution in [-0.2, 0) is 4.74 Å². The molecule has 2 amide bonds. The Morgan fingerprint density at radius 3 is 2.38 bits per heavy atom. The molecule has 0 atom stereocenters. The van der Waals surface area contributed by atoms with Crippen molar-refractivity contribution in [3.63, 3.8) is 0 Å². The summed E-state index contributed by atoms with van der Waals surface area (Å²) in [6.07, 6.45) is 3.29. The molecule has 9 heteroatoms. The van der Waals surface area contributed by atoms with Crippen LogP contribution in [0.2, 0.25) is 0 Å². The maximum Gasteiger partial charge on any atom is 0.257 e. The molecule has 0 radical (unpaired) electrons. The lowest BCUT2D eigenvalue weighted by molar-refractivity contribution is 0.0724. The topological polar surface area (TPSA) is 79.9 Å². The van der Waals surface area contributed by atoms with Gasteiger partial charge in [-0.15, -0.1) is 0 Å². The van der Waals surface area contributed by atoms with Gasteiger partial charge in [0.2, 0.25) is 0 Å². The van der Waals surface area contributed by atoms with Crippen LogP contribution in [0.15, 0.2) is 46.9 Å². The van der Waals surface area contributed by atoms with Crippen LogP contribution < -0.4 is 15.4 Å². The molecule has 2 aromatic rings. The van der Waals surface area contributed by atoms with E-state index in [1.54, 1.807) is 49.6 Å². The molecule has 3 rings (SSSR count). The zero-order valence-corrected chi connectivity index (χ0v) is 20.3. The molecular formula is C23H26BrN3O4S. The van der Waals surface area contributed by atoms with E-state index in [0.29, 0.717) is 40.3 Å². The van der Waals surface area contributed by atoms with Crippen LogP contribution in [0.4, 0.5) is 5.69 Å². The van der Waals surface area contributed by atoms with Gasteiger partial charge in [0, 0.05) is 37.0 Å². The van der Waals surface area contributed by atoms with E-state index in [1.807, 2.05) is 4.90 Å². The lowest BCUT2D eigenvalue weighted by Gasteiger charge is -2.26. The van der Waals surface area contributed by atoms with Crippen molar-refractivity contribution in [1.29, 1.82) is 0 Å². The lowest BCUT2D eigenvalue weighted by atomic mass is 10.1. The normalized spacial score (nSPS) is 13.4. The van der Waals surface area contributed by atoms with Crippen LogP contribution in [-0.4, -0.2) is 55.2 Å². The van der Waals surface area contributed by atoms with E-state index >= 15 is 0 Å². The monoisotopic (exact) mass is 519 g/mol. The van der Waals surface area contributed by atoms with Gasteiger partial charge < -0.3 is 19.7 Å². The largest absolute Gasteiger partial charge is 0.490 e. The molecule has 0 spiro atoms. The first kappa shape index (κ1) is 24.2. The third kappa shape index (κ3) is 6.75. The number of methoxy groups -OCH3 is 1. The maximum atomic E-state index is 12.6. The smallest absolute Gasteiger partial charge is 0.257 e. The molecule has 7 nitrogen and oxygen atoms in total. The summed E-state index contributed by atoms with van der Waals surface area (Å²) >= 11 is 8.67. The molecule has 1 saturated heterocycles. The minimum atomic E-state index is -0.344. The van der Waals surface area contributed by atoms with Crippen LogP contribution in [0.3, 0.4) is 0 Å². The molecule has 0 aliphatic carbocycles. The highest BCUT2D eigenvalue weighted by molar-refractivity contribution is 9.10. The molecular weight excluding hydrogens is 494 g/mol. The van der Waals surface area contributed by atoms with E-state index in [2.05, 4.69) is 26.6 Å². The van der Waals surface area contributed by atoms with Gasteiger partial charge in [0.05, 0.1) is 11.1 Å². The summed E-state index contributed by atoms with van der Waals surface area (Å²) in [5.74, 6) is 0.328. The second-order valence-electron chi connectivity index (χ2n) is 7.32. The number of anilines is 1. The number of amides is 2. The van der Waals surface area contributed by atoms with Crippen molar-refractivity contribution >= 4 is 50.8 Å². The maximum absolute atomic E-state index is 12.6. The summed E-state index contributed by atoms with van der Waals surface area (Å²) in [5.41, 5.74) is 1.77. The van der Waals surface area contributed by atoms with Crippen molar-refractivity contribution in [3.05, 3.63) is 58.1 Å². The Labute approximate surface area is 201 Å². The average molecular weight is 520 g/mol. The number of benzene rings is 2. The quantitative estimate of drug-likeness (QED) is 0.421. The molecule has 2 N–H and O–H groups in total. The number of hydrogen-bond acceptors (Lipinski definition) is 5. The van der Waals surface area contributed by atoms with Gasteiger partial charge in [-0.05, 0) is 89.9 Å². The van der Waals surface area contributed by atoms with Gasteiger partial charge in [0.15, 0.2) is 5.11 Å². The Kier molecular flexibility index (Phi) is 9.01. The Hall–Kier alpha value is -2.49. The highest BCUT2D eigenvalue weighted by atomic mass is 79.9. The minimum absolute atomic E-state index is 0.0485. The van der Waals surface area contributed by atoms with Crippen LogP contribution in [0.5, 0.6) is 5.75 Å². The third-order valence-electron chi connectivity index (χ3n) is 5.00. The molecule has 0 saturated carbocycles. The van der Waals surface area contributed by atoms with E-state index in [1.165, 1.54) is 6.42 Å². The van der Waals surface area contributed by atoms with Crippen molar-refractivity contribution in [3.8, 4) is 5.75 Å². The highest BCUT2D eigenvalue weighted by Gasteiger charge is 2.18. The number of piperidine rings is 1. The lowest BCUT2D eigenvalue weighted by Crippen LogP contribution is -2.35. The SMILES string of the molecule is COCCOc1ccc(C(=O)NC(=S)Nc2ccc(C(=O)N3CCCCC3)cc2)cc1Br. The van der Waals surface area contributed by atoms with E-state index < -0.39 is 0 Å². The molecule has 0 aromatic heterocycles. The van der Waals surface area contributed by atoms with E-state index in [4.69, 9.17) is 21.7 Å². The van der Waals surface area contributed by atoms with Crippen LogP contribution in [0, 0.1) is 0 Å². The molecule has 0 bridgehead atoms. The summed E-state index contributed by atoms with van der Waals surface area (Å²) in [6, 6.07) is 12.1. The molecule has 2 aromatic carbocycles. The van der Waals surface area contributed by atoms with Crippen molar-refractivity contribution in [1.82, 2.24) is 10.2 Å². The van der Waals surface area contributed by atoms with Gasteiger partial charge in [-0.2, -0.15) is 0 Å². The number of likely N-dealkylation sites (tertiary alicyclic amines) is 1. The number of nitrogens with zero attached hydrogens (tertiary/aromatic N) is 1. The van der Waals surface area contributed by atoms with Gasteiger partial charge in [-0.1, -0.05) is 0 Å². The van der Waals surface area contributed by atoms with Crippen molar-refractivity contribution in [2.75, 3.05) is 38.7 Å². The summed E-state index contributed by atoms with van der Waals surface area (Å²) in [6.45, 7) is 2.51. The van der Waals surface area contributed by atoms with Gasteiger partial charge >= 0.3 is 0 Å². The minimum Gasteiger partial charge on any atom is -0.490 e. The summed E-state index contributed by atoms with van der Waals surface area (Å²) in [7, 11) is 1.60. The molecule has 1 heterocycles. The summed E-state index contributed by atoms with van der Waals surface area (Å²) in [4.78, 5) is 27.0. The second kappa shape index (κ2) is 11.9. The number of thiocarbonyl (C=S) groups is 1. The molecule has 1 fully saturated rings. The standard InChI is InChI=1S/C23H26BrN3O4S/c1-30-13-14-31-20-10-7-17(15-19(20)24)21(28)26-23(32)25-18-8-5-16(6-9-18)22(29)27-11-3-2-4-12-27/h5-10,15H,2-4,11-14H2,1H3,(H2,25,26,28,32). The van der Waals surface area contributed by atoms with Gasteiger partial charge in [0.1, 0.15) is 12.4 Å². The Morgan fingerprint density at radius 1 is 1.03 bits per heavy atom.